The molecule has 178 valence electrons. The normalized spacial score (nSPS) is 15.7. The second kappa shape index (κ2) is 9.06. The van der Waals surface area contributed by atoms with Crippen molar-refractivity contribution in [1.29, 1.82) is 0 Å². The highest BCUT2D eigenvalue weighted by Gasteiger charge is 2.27. The van der Waals surface area contributed by atoms with Crippen molar-refractivity contribution in [2.45, 2.75) is 32.2 Å². The minimum absolute atomic E-state index is 0.0869. The highest BCUT2D eigenvalue weighted by molar-refractivity contribution is 6.35. The summed E-state index contributed by atoms with van der Waals surface area (Å²) >= 11 is 6.79. The molecule has 1 saturated heterocycles. The van der Waals surface area contributed by atoms with E-state index in [1.54, 1.807) is 10.9 Å². The molecule has 1 atom stereocenters. The lowest BCUT2D eigenvalue weighted by Crippen LogP contribution is -2.21. The Morgan fingerprint density at radius 3 is 2.66 bits per heavy atom. The molecule has 0 radical (unpaired) electrons. The lowest BCUT2D eigenvalue weighted by Gasteiger charge is -2.29. The first-order chi connectivity index (χ1) is 17.1. The van der Waals surface area contributed by atoms with Crippen molar-refractivity contribution in [3.63, 3.8) is 0 Å². The molecule has 0 bridgehead atoms. The van der Waals surface area contributed by atoms with Gasteiger partial charge in [-0.1, -0.05) is 47.1 Å². The molecule has 5 heterocycles. The molecule has 1 fully saturated rings. The van der Waals surface area contributed by atoms with E-state index in [1.165, 1.54) is 5.56 Å². The molecular formula is C27H27ClN6O. The Bertz CT molecular complexity index is 1480. The van der Waals surface area contributed by atoms with E-state index in [4.69, 9.17) is 21.3 Å². The standard InChI is InChI=1S/C27H27ClN6O/c1-17-25(33(2)32-31-17)20-15-23-24(30-16-20)21-8-11-29-27(28)26(21)34(23)22(19-6-4-3-5-7-19)14-18-9-12-35-13-10-18/h3-8,11,15-16,18,22H,9-10,12-14H2,1-2H3. The minimum atomic E-state index is 0.0869. The van der Waals surface area contributed by atoms with Crippen LogP contribution >= 0.6 is 11.6 Å². The summed E-state index contributed by atoms with van der Waals surface area (Å²) in [5.41, 5.74) is 6.95. The fourth-order valence-corrected chi connectivity index (χ4v) is 5.74. The first-order valence-electron chi connectivity index (χ1n) is 12.1. The van der Waals surface area contributed by atoms with Gasteiger partial charge in [-0.15, -0.1) is 5.10 Å². The van der Waals surface area contributed by atoms with Crippen LogP contribution in [0.15, 0.2) is 54.9 Å². The zero-order valence-electron chi connectivity index (χ0n) is 19.9. The molecule has 1 aromatic carbocycles. The van der Waals surface area contributed by atoms with E-state index in [9.17, 15) is 0 Å². The maximum atomic E-state index is 6.79. The largest absolute Gasteiger partial charge is 0.381 e. The predicted octanol–water partition coefficient (Wildman–Crippen LogP) is 5.75. The first kappa shape index (κ1) is 22.2. The average molecular weight is 487 g/mol. The Kier molecular flexibility index (Phi) is 5.74. The number of benzene rings is 1. The Balaban J connectivity index is 1.63. The Labute approximate surface area is 208 Å². The number of nitrogens with zero attached hydrogens (tertiary/aromatic N) is 6. The van der Waals surface area contributed by atoms with Gasteiger partial charge in [-0.2, -0.15) is 0 Å². The van der Waals surface area contributed by atoms with Gasteiger partial charge in [0.2, 0.25) is 0 Å². The Morgan fingerprint density at radius 1 is 1.11 bits per heavy atom. The van der Waals surface area contributed by atoms with Crippen molar-refractivity contribution in [2.24, 2.45) is 13.0 Å². The minimum Gasteiger partial charge on any atom is -0.381 e. The number of fused-ring (bicyclic) bond motifs is 3. The summed E-state index contributed by atoms with van der Waals surface area (Å²) in [5.74, 6) is 0.566. The molecule has 8 heteroatoms. The third kappa shape index (κ3) is 3.89. The number of halogens is 1. The van der Waals surface area contributed by atoms with Gasteiger partial charge >= 0.3 is 0 Å². The molecule has 0 saturated carbocycles. The quantitative estimate of drug-likeness (QED) is 0.296. The Morgan fingerprint density at radius 2 is 1.91 bits per heavy atom. The van der Waals surface area contributed by atoms with Crippen molar-refractivity contribution in [1.82, 2.24) is 29.5 Å². The molecule has 0 N–H and O–H groups in total. The molecule has 1 unspecified atom stereocenters. The highest BCUT2D eigenvalue weighted by atomic mass is 35.5. The molecule has 4 aromatic heterocycles. The summed E-state index contributed by atoms with van der Waals surface area (Å²) < 4.78 is 9.82. The van der Waals surface area contributed by atoms with Crippen LogP contribution in [0.1, 0.15) is 36.6 Å². The van der Waals surface area contributed by atoms with E-state index in [-0.39, 0.29) is 6.04 Å². The van der Waals surface area contributed by atoms with Gasteiger partial charge in [-0.3, -0.25) is 4.98 Å². The van der Waals surface area contributed by atoms with Crippen LogP contribution in [0.3, 0.4) is 0 Å². The second-order valence-corrected chi connectivity index (χ2v) is 9.68. The molecule has 0 aliphatic carbocycles. The fourth-order valence-electron chi connectivity index (χ4n) is 5.49. The number of ether oxygens (including phenoxy) is 1. The molecule has 0 amide bonds. The summed E-state index contributed by atoms with van der Waals surface area (Å²) in [6, 6.07) is 15.0. The maximum absolute atomic E-state index is 6.79. The number of aryl methyl sites for hydroxylation is 2. The van der Waals surface area contributed by atoms with E-state index >= 15 is 0 Å². The third-order valence-electron chi connectivity index (χ3n) is 7.16. The molecule has 5 aromatic rings. The molecule has 1 aliphatic heterocycles. The SMILES string of the molecule is Cc1nnn(C)c1-c1cnc2c3ccnc(Cl)c3n(C(CC3CCOCC3)c3ccccc3)c2c1. The Hall–Kier alpha value is -3.29. The summed E-state index contributed by atoms with van der Waals surface area (Å²) in [7, 11) is 1.91. The van der Waals surface area contributed by atoms with Crippen LogP contribution in [-0.2, 0) is 11.8 Å². The van der Waals surface area contributed by atoms with Crippen molar-refractivity contribution in [3.8, 4) is 11.3 Å². The molecule has 35 heavy (non-hydrogen) atoms. The summed E-state index contributed by atoms with van der Waals surface area (Å²) in [6.45, 7) is 3.61. The van der Waals surface area contributed by atoms with Gasteiger partial charge in [0.1, 0.15) is 0 Å². The van der Waals surface area contributed by atoms with Gasteiger partial charge in [-0.25, -0.2) is 9.67 Å². The number of pyridine rings is 2. The van der Waals surface area contributed by atoms with Crippen molar-refractivity contribution < 1.29 is 4.74 Å². The fraction of sp³-hybridized carbons (Fsp3) is 0.333. The number of hydrogen-bond acceptors (Lipinski definition) is 5. The molecule has 6 rings (SSSR count). The van der Waals surface area contributed by atoms with Crippen LogP contribution in [0.2, 0.25) is 5.15 Å². The van der Waals surface area contributed by atoms with Crippen molar-refractivity contribution in [2.75, 3.05) is 13.2 Å². The van der Waals surface area contributed by atoms with Crippen LogP contribution < -0.4 is 0 Å². The van der Waals surface area contributed by atoms with Gasteiger partial charge in [0.15, 0.2) is 5.15 Å². The van der Waals surface area contributed by atoms with Crippen LogP contribution in [0.4, 0.5) is 0 Å². The molecular weight excluding hydrogens is 460 g/mol. The number of rotatable bonds is 5. The lowest BCUT2D eigenvalue weighted by atomic mass is 9.89. The monoisotopic (exact) mass is 486 g/mol. The van der Waals surface area contributed by atoms with Crippen LogP contribution in [0, 0.1) is 12.8 Å². The second-order valence-electron chi connectivity index (χ2n) is 9.32. The van der Waals surface area contributed by atoms with E-state index in [0.29, 0.717) is 11.1 Å². The van der Waals surface area contributed by atoms with Crippen molar-refractivity contribution >= 4 is 33.5 Å². The van der Waals surface area contributed by atoms with Gasteiger partial charge in [0.25, 0.3) is 0 Å². The van der Waals surface area contributed by atoms with E-state index in [2.05, 4.69) is 56.3 Å². The predicted molar refractivity (Wildman–Crippen MR) is 138 cm³/mol. The molecule has 7 nitrogen and oxygen atoms in total. The lowest BCUT2D eigenvalue weighted by molar-refractivity contribution is 0.0610. The third-order valence-corrected chi connectivity index (χ3v) is 7.44. The maximum Gasteiger partial charge on any atom is 0.153 e. The smallest absolute Gasteiger partial charge is 0.153 e. The summed E-state index contributed by atoms with van der Waals surface area (Å²) in [4.78, 5) is 9.40. The van der Waals surface area contributed by atoms with Gasteiger partial charge in [0, 0.05) is 43.6 Å². The first-order valence-corrected chi connectivity index (χ1v) is 12.4. The summed E-state index contributed by atoms with van der Waals surface area (Å²) in [6.07, 6.45) is 6.79. The van der Waals surface area contributed by atoms with Crippen molar-refractivity contribution in [3.05, 3.63) is 71.3 Å². The zero-order valence-corrected chi connectivity index (χ0v) is 20.6. The van der Waals surface area contributed by atoms with E-state index in [1.807, 2.05) is 26.2 Å². The van der Waals surface area contributed by atoms with Gasteiger partial charge in [-0.05, 0) is 49.8 Å². The zero-order chi connectivity index (χ0) is 23.9. The number of hydrogen-bond donors (Lipinski definition) is 0. The highest BCUT2D eigenvalue weighted by Crippen LogP contribution is 2.40. The topological polar surface area (TPSA) is 70.7 Å². The van der Waals surface area contributed by atoms with Gasteiger partial charge < -0.3 is 9.30 Å². The van der Waals surface area contributed by atoms with Crippen LogP contribution in [0.25, 0.3) is 33.2 Å². The summed E-state index contributed by atoms with van der Waals surface area (Å²) in [5, 5.41) is 9.96. The van der Waals surface area contributed by atoms with Crippen LogP contribution in [-0.4, -0.2) is 42.7 Å². The average Bonchev–Trinajstić information content (AvgIpc) is 3.40. The van der Waals surface area contributed by atoms with Gasteiger partial charge in [0.05, 0.1) is 34.0 Å². The van der Waals surface area contributed by atoms with E-state index < -0.39 is 0 Å². The van der Waals surface area contributed by atoms with E-state index in [0.717, 1.165) is 71.4 Å². The van der Waals surface area contributed by atoms with Crippen LogP contribution in [0.5, 0.6) is 0 Å². The number of aromatic nitrogens is 6. The molecule has 0 spiro atoms. The molecule has 1 aliphatic rings.